The fourth-order valence-corrected chi connectivity index (χ4v) is 2.22. The Balaban J connectivity index is 2.16. The minimum atomic E-state index is -0.00183. The molecule has 0 bridgehead atoms. The van der Waals surface area contributed by atoms with Crippen LogP contribution in [0.4, 0.5) is 5.69 Å². The largest absolute Gasteiger partial charge is 0.381 e. The van der Waals surface area contributed by atoms with Crippen LogP contribution in [0.15, 0.2) is 24.3 Å². The third kappa shape index (κ3) is 2.91. The van der Waals surface area contributed by atoms with Crippen molar-refractivity contribution in [3.8, 4) is 0 Å². The average Bonchev–Trinajstić information content (AvgIpc) is 2.81. The lowest BCUT2D eigenvalue weighted by molar-refractivity contribution is -0.119. The summed E-state index contributed by atoms with van der Waals surface area (Å²) < 4.78 is 5.25. The summed E-state index contributed by atoms with van der Waals surface area (Å²) in [4.78, 5) is 12.1. The summed E-state index contributed by atoms with van der Waals surface area (Å²) in [5, 5.41) is 3.04. The molecule has 1 amide bonds. The van der Waals surface area contributed by atoms with Crippen LogP contribution in [0, 0.1) is 5.92 Å². The fourth-order valence-electron chi connectivity index (χ4n) is 2.22. The van der Waals surface area contributed by atoms with E-state index in [1.54, 1.807) is 0 Å². The van der Waals surface area contributed by atoms with Gasteiger partial charge in [-0.2, -0.15) is 0 Å². The van der Waals surface area contributed by atoms with Gasteiger partial charge < -0.3 is 10.1 Å². The number of carbonyl (C=O) groups excluding carboxylic acids is 1. The van der Waals surface area contributed by atoms with Crippen LogP contribution in [0.1, 0.15) is 32.8 Å². The highest BCUT2D eigenvalue weighted by atomic mass is 16.5. The molecule has 1 aliphatic heterocycles. The van der Waals surface area contributed by atoms with Crippen molar-refractivity contribution in [1.82, 2.24) is 0 Å². The van der Waals surface area contributed by atoms with Crippen LogP contribution < -0.4 is 5.32 Å². The highest BCUT2D eigenvalue weighted by Crippen LogP contribution is 2.29. The first kappa shape index (κ1) is 13.1. The molecule has 0 radical (unpaired) electrons. The van der Waals surface area contributed by atoms with E-state index in [1.165, 1.54) is 0 Å². The zero-order valence-electron chi connectivity index (χ0n) is 11.3. The molecular weight excluding hydrogens is 226 g/mol. The molecule has 2 rings (SSSR count). The topological polar surface area (TPSA) is 38.3 Å². The number of hydrogen-bond donors (Lipinski definition) is 1. The van der Waals surface area contributed by atoms with Gasteiger partial charge in [0.05, 0.1) is 12.5 Å². The number of ether oxygens (including phenoxy) is 1. The minimum absolute atomic E-state index is 0.00183. The molecule has 1 unspecified atom stereocenters. The quantitative estimate of drug-likeness (QED) is 0.872. The van der Waals surface area contributed by atoms with Gasteiger partial charge in [0.1, 0.15) is 0 Å². The van der Waals surface area contributed by atoms with Crippen LogP contribution in [0.2, 0.25) is 0 Å². The maximum atomic E-state index is 12.1. The molecule has 0 spiro atoms. The summed E-state index contributed by atoms with van der Waals surface area (Å²) in [6, 6.07) is 8.00. The van der Waals surface area contributed by atoms with Crippen molar-refractivity contribution >= 4 is 11.6 Å². The van der Waals surface area contributed by atoms with Gasteiger partial charge >= 0.3 is 0 Å². The molecule has 1 saturated heterocycles. The molecule has 18 heavy (non-hydrogen) atoms. The molecule has 1 aliphatic rings. The molecule has 1 aromatic rings. The van der Waals surface area contributed by atoms with E-state index in [4.69, 9.17) is 4.74 Å². The second-order valence-electron chi connectivity index (χ2n) is 5.85. The van der Waals surface area contributed by atoms with Gasteiger partial charge in [0.2, 0.25) is 5.91 Å². The number of nitrogens with one attached hydrogen (secondary N) is 1. The van der Waals surface area contributed by atoms with Gasteiger partial charge in [-0.25, -0.2) is 0 Å². The number of benzene rings is 1. The fraction of sp³-hybridized carbons (Fsp3) is 0.533. The number of rotatable bonds is 2. The van der Waals surface area contributed by atoms with Gasteiger partial charge in [-0.3, -0.25) is 4.79 Å². The molecule has 1 N–H and O–H groups in total. The lowest BCUT2D eigenvalue weighted by Gasteiger charge is -2.23. The zero-order chi connectivity index (χ0) is 13.2. The zero-order valence-corrected chi connectivity index (χ0v) is 11.3. The molecule has 0 saturated carbocycles. The standard InChI is InChI=1S/C15H21NO2/c1-15(2,3)12-6-4-5-7-13(12)16-14(17)11-8-9-18-10-11/h4-7,11H,8-10H2,1-3H3,(H,16,17). The number of para-hydroxylation sites is 1. The Morgan fingerprint density at radius 1 is 1.33 bits per heavy atom. The first-order valence-corrected chi connectivity index (χ1v) is 6.46. The molecule has 3 heteroatoms. The van der Waals surface area contributed by atoms with E-state index >= 15 is 0 Å². The molecule has 0 aliphatic carbocycles. The smallest absolute Gasteiger partial charge is 0.229 e. The highest BCUT2D eigenvalue weighted by Gasteiger charge is 2.25. The first-order chi connectivity index (χ1) is 8.48. The Morgan fingerprint density at radius 3 is 2.67 bits per heavy atom. The van der Waals surface area contributed by atoms with Crippen molar-refractivity contribution in [3.05, 3.63) is 29.8 Å². The van der Waals surface area contributed by atoms with Crippen molar-refractivity contribution in [2.45, 2.75) is 32.6 Å². The SMILES string of the molecule is CC(C)(C)c1ccccc1NC(=O)C1CCOC1. The van der Waals surface area contributed by atoms with Crippen LogP contribution in [0.25, 0.3) is 0 Å². The molecule has 98 valence electrons. The van der Waals surface area contributed by atoms with Crippen LogP contribution in [0.3, 0.4) is 0 Å². The predicted molar refractivity (Wildman–Crippen MR) is 72.7 cm³/mol. The normalized spacial score (nSPS) is 19.8. The Kier molecular flexibility index (Phi) is 3.71. The molecule has 1 fully saturated rings. The molecular formula is C15H21NO2. The molecule has 3 nitrogen and oxygen atoms in total. The van der Waals surface area contributed by atoms with E-state index in [9.17, 15) is 4.79 Å². The lowest BCUT2D eigenvalue weighted by atomic mass is 9.85. The Hall–Kier alpha value is -1.35. The van der Waals surface area contributed by atoms with Gasteiger partial charge in [0, 0.05) is 12.3 Å². The van der Waals surface area contributed by atoms with Crippen molar-refractivity contribution < 1.29 is 9.53 Å². The monoisotopic (exact) mass is 247 g/mol. The maximum absolute atomic E-state index is 12.1. The van der Waals surface area contributed by atoms with E-state index in [2.05, 4.69) is 32.2 Å². The van der Waals surface area contributed by atoms with Crippen molar-refractivity contribution in [2.75, 3.05) is 18.5 Å². The third-order valence-electron chi connectivity index (χ3n) is 3.29. The molecule has 1 atom stereocenters. The van der Waals surface area contributed by atoms with E-state index in [-0.39, 0.29) is 17.2 Å². The number of carbonyl (C=O) groups is 1. The third-order valence-corrected chi connectivity index (χ3v) is 3.29. The van der Waals surface area contributed by atoms with Gasteiger partial charge in [-0.15, -0.1) is 0 Å². The molecule has 1 heterocycles. The van der Waals surface area contributed by atoms with Crippen molar-refractivity contribution in [3.63, 3.8) is 0 Å². The number of hydrogen-bond acceptors (Lipinski definition) is 2. The molecule has 1 aromatic carbocycles. The van der Waals surface area contributed by atoms with Crippen molar-refractivity contribution in [1.29, 1.82) is 0 Å². The molecule has 0 aromatic heterocycles. The maximum Gasteiger partial charge on any atom is 0.229 e. The summed E-state index contributed by atoms with van der Waals surface area (Å²) in [7, 11) is 0. The van der Waals surface area contributed by atoms with Crippen LogP contribution in [-0.2, 0) is 14.9 Å². The predicted octanol–water partition coefficient (Wildman–Crippen LogP) is 2.96. The Morgan fingerprint density at radius 2 is 2.06 bits per heavy atom. The van der Waals surface area contributed by atoms with Gasteiger partial charge in [-0.05, 0) is 23.5 Å². The van der Waals surface area contributed by atoms with Gasteiger partial charge in [-0.1, -0.05) is 39.0 Å². The lowest BCUT2D eigenvalue weighted by Crippen LogP contribution is -2.25. The van der Waals surface area contributed by atoms with E-state index in [0.717, 1.165) is 17.7 Å². The van der Waals surface area contributed by atoms with E-state index < -0.39 is 0 Å². The first-order valence-electron chi connectivity index (χ1n) is 6.46. The van der Waals surface area contributed by atoms with Crippen LogP contribution >= 0.6 is 0 Å². The summed E-state index contributed by atoms with van der Waals surface area (Å²) >= 11 is 0. The summed E-state index contributed by atoms with van der Waals surface area (Å²) in [6.07, 6.45) is 0.823. The van der Waals surface area contributed by atoms with Gasteiger partial charge in [0.25, 0.3) is 0 Å². The highest BCUT2D eigenvalue weighted by molar-refractivity contribution is 5.93. The van der Waals surface area contributed by atoms with Crippen LogP contribution in [-0.4, -0.2) is 19.1 Å². The second-order valence-corrected chi connectivity index (χ2v) is 5.85. The number of amides is 1. The van der Waals surface area contributed by atoms with Gasteiger partial charge in [0.15, 0.2) is 0 Å². The minimum Gasteiger partial charge on any atom is -0.381 e. The number of anilines is 1. The summed E-state index contributed by atoms with van der Waals surface area (Å²) in [5.74, 6) is 0.0715. The summed E-state index contributed by atoms with van der Waals surface area (Å²) in [6.45, 7) is 7.69. The average molecular weight is 247 g/mol. The van der Waals surface area contributed by atoms with Crippen LogP contribution in [0.5, 0.6) is 0 Å². The second kappa shape index (κ2) is 5.11. The summed E-state index contributed by atoms with van der Waals surface area (Å²) in [5.41, 5.74) is 2.11. The Labute approximate surface area is 109 Å². The Bertz CT molecular complexity index is 428. The van der Waals surface area contributed by atoms with Crippen molar-refractivity contribution in [2.24, 2.45) is 5.92 Å². The van der Waals surface area contributed by atoms with E-state index in [1.807, 2.05) is 18.2 Å². The van der Waals surface area contributed by atoms with E-state index in [0.29, 0.717) is 13.2 Å².